The molecule has 1 fully saturated rings. The van der Waals surface area contributed by atoms with Crippen LogP contribution in [0.1, 0.15) is 33.3 Å². The van der Waals surface area contributed by atoms with Crippen LogP contribution in [0.2, 0.25) is 0 Å². The van der Waals surface area contributed by atoms with E-state index in [0.29, 0.717) is 17.8 Å². The Kier molecular flexibility index (Phi) is 4.66. The molecular formula is C16H24BFN2O2. The van der Waals surface area contributed by atoms with Crippen LogP contribution in [0.15, 0.2) is 23.7 Å². The Bertz CT molecular complexity index is 572. The lowest BCUT2D eigenvalue weighted by Gasteiger charge is -2.32. The number of anilines is 1. The topological polar surface area (TPSA) is 56.5 Å². The van der Waals surface area contributed by atoms with E-state index in [0.717, 1.165) is 5.47 Å². The van der Waals surface area contributed by atoms with Crippen molar-refractivity contribution >= 4 is 18.9 Å². The van der Waals surface area contributed by atoms with E-state index in [2.05, 4.69) is 5.32 Å². The van der Waals surface area contributed by atoms with E-state index in [1.807, 2.05) is 34.7 Å². The molecule has 0 atom stereocenters. The normalized spacial score (nSPS) is 20.5. The molecule has 1 aromatic rings. The van der Waals surface area contributed by atoms with Gasteiger partial charge in [-0.25, -0.2) is 4.39 Å². The van der Waals surface area contributed by atoms with Crippen LogP contribution >= 0.6 is 0 Å². The van der Waals surface area contributed by atoms with Crippen molar-refractivity contribution in [2.45, 2.75) is 38.9 Å². The molecule has 120 valence electrons. The van der Waals surface area contributed by atoms with E-state index in [9.17, 15) is 4.39 Å². The van der Waals surface area contributed by atoms with Crippen LogP contribution in [-0.4, -0.2) is 31.9 Å². The van der Waals surface area contributed by atoms with Crippen LogP contribution in [-0.2, 0) is 9.31 Å². The zero-order valence-corrected chi connectivity index (χ0v) is 13.9. The van der Waals surface area contributed by atoms with Crippen molar-refractivity contribution in [3.05, 3.63) is 35.1 Å². The van der Waals surface area contributed by atoms with Crippen molar-refractivity contribution in [2.24, 2.45) is 0 Å². The highest BCUT2D eigenvalue weighted by Crippen LogP contribution is 2.38. The van der Waals surface area contributed by atoms with E-state index >= 15 is 0 Å². The molecule has 0 saturated carbocycles. The first kappa shape index (κ1) is 17.0. The average Bonchev–Trinajstić information content (AvgIpc) is 2.61. The van der Waals surface area contributed by atoms with E-state index < -0.39 is 18.3 Å². The maximum atomic E-state index is 14.0. The summed E-state index contributed by atoms with van der Waals surface area (Å²) in [6, 6.07) is 4.65. The van der Waals surface area contributed by atoms with Gasteiger partial charge in [0.2, 0.25) is 0 Å². The molecule has 1 aromatic carbocycles. The quantitative estimate of drug-likeness (QED) is 0.663. The SMILES string of the molecule is CNCC(=Cc1ccc(N)cc1F)B1OC(C)(C)C(C)(C)O1. The second-order valence-electron chi connectivity index (χ2n) is 6.62. The predicted octanol–water partition coefficient (Wildman–Crippen LogP) is 2.64. The molecule has 22 heavy (non-hydrogen) atoms. The number of nitrogen functional groups attached to an aromatic ring is 1. The molecule has 0 aromatic heterocycles. The highest BCUT2D eigenvalue weighted by atomic mass is 19.1. The maximum Gasteiger partial charge on any atom is 0.491 e. The zero-order valence-electron chi connectivity index (χ0n) is 13.9. The minimum Gasteiger partial charge on any atom is -0.400 e. The highest BCUT2D eigenvalue weighted by molar-refractivity contribution is 6.55. The maximum absolute atomic E-state index is 14.0. The van der Waals surface area contributed by atoms with Gasteiger partial charge in [-0.2, -0.15) is 0 Å². The molecular weight excluding hydrogens is 282 g/mol. The van der Waals surface area contributed by atoms with Crippen molar-refractivity contribution in [3.8, 4) is 0 Å². The zero-order chi connectivity index (χ0) is 16.5. The summed E-state index contributed by atoms with van der Waals surface area (Å²) in [7, 11) is 1.33. The number of likely N-dealkylation sites (N-methyl/N-ethyl adjacent to an activating group) is 1. The van der Waals surface area contributed by atoms with Gasteiger partial charge in [-0.15, -0.1) is 0 Å². The van der Waals surface area contributed by atoms with Crippen LogP contribution in [0.3, 0.4) is 0 Å². The van der Waals surface area contributed by atoms with Crippen LogP contribution < -0.4 is 11.1 Å². The summed E-state index contributed by atoms with van der Waals surface area (Å²) in [4.78, 5) is 0. The molecule has 0 unspecified atom stereocenters. The Labute approximate surface area is 132 Å². The fourth-order valence-electron chi connectivity index (χ4n) is 2.26. The molecule has 0 bridgehead atoms. The van der Waals surface area contributed by atoms with Crippen molar-refractivity contribution < 1.29 is 13.7 Å². The van der Waals surface area contributed by atoms with Crippen molar-refractivity contribution in [2.75, 3.05) is 19.3 Å². The van der Waals surface area contributed by atoms with Crippen LogP contribution in [0.4, 0.5) is 10.1 Å². The van der Waals surface area contributed by atoms with Crippen LogP contribution in [0.5, 0.6) is 0 Å². The Balaban J connectivity index is 2.33. The second-order valence-corrected chi connectivity index (χ2v) is 6.62. The molecule has 0 radical (unpaired) electrons. The van der Waals surface area contributed by atoms with E-state index in [4.69, 9.17) is 15.0 Å². The number of nitrogens with one attached hydrogen (secondary N) is 1. The first-order valence-electron chi connectivity index (χ1n) is 7.42. The minimum atomic E-state index is -0.505. The first-order chi connectivity index (χ1) is 10.2. The van der Waals surface area contributed by atoms with Gasteiger partial charge in [0.15, 0.2) is 0 Å². The van der Waals surface area contributed by atoms with E-state index in [1.165, 1.54) is 6.07 Å². The van der Waals surface area contributed by atoms with Crippen LogP contribution in [0.25, 0.3) is 6.08 Å². The highest BCUT2D eigenvalue weighted by Gasteiger charge is 2.52. The monoisotopic (exact) mass is 306 g/mol. The summed E-state index contributed by atoms with van der Waals surface area (Å²) in [5, 5.41) is 3.08. The van der Waals surface area contributed by atoms with E-state index in [1.54, 1.807) is 18.2 Å². The van der Waals surface area contributed by atoms with Crippen molar-refractivity contribution in [3.63, 3.8) is 0 Å². The summed E-state index contributed by atoms with van der Waals surface area (Å²) >= 11 is 0. The van der Waals surface area contributed by atoms with Crippen molar-refractivity contribution in [1.29, 1.82) is 0 Å². The number of halogens is 1. The predicted molar refractivity (Wildman–Crippen MR) is 88.8 cm³/mol. The molecule has 0 amide bonds. The smallest absolute Gasteiger partial charge is 0.400 e. The molecule has 0 aliphatic carbocycles. The van der Waals surface area contributed by atoms with Gasteiger partial charge in [0.1, 0.15) is 5.82 Å². The molecule has 1 aliphatic heterocycles. The molecule has 1 heterocycles. The Hall–Kier alpha value is -1.37. The summed E-state index contributed by atoms with van der Waals surface area (Å²) in [6.07, 6.45) is 1.76. The van der Waals surface area contributed by atoms with Gasteiger partial charge in [0.25, 0.3) is 0 Å². The summed E-state index contributed by atoms with van der Waals surface area (Å²) in [5.74, 6) is -0.356. The lowest BCUT2D eigenvalue weighted by atomic mass is 9.77. The lowest BCUT2D eigenvalue weighted by molar-refractivity contribution is 0.00578. The summed E-state index contributed by atoms with van der Waals surface area (Å²) in [6.45, 7) is 8.52. The number of nitrogens with two attached hydrogens (primary N) is 1. The molecule has 3 N–H and O–H groups in total. The van der Waals surface area contributed by atoms with Crippen molar-refractivity contribution in [1.82, 2.24) is 5.32 Å². The molecule has 1 aliphatic rings. The van der Waals surface area contributed by atoms with Gasteiger partial charge in [0.05, 0.1) is 11.2 Å². The number of benzene rings is 1. The minimum absolute atomic E-state index is 0.356. The molecule has 2 rings (SSSR count). The Morgan fingerprint density at radius 3 is 2.36 bits per heavy atom. The standard InChI is InChI=1S/C16H24BFN2O2/c1-15(2)16(3,4)22-17(21-15)12(10-20-5)8-11-6-7-13(19)9-14(11)18/h6-9,20H,10,19H2,1-5H3. The number of hydrogen-bond donors (Lipinski definition) is 2. The first-order valence-corrected chi connectivity index (χ1v) is 7.42. The third-order valence-corrected chi connectivity index (χ3v) is 4.30. The summed E-state index contributed by atoms with van der Waals surface area (Å²) < 4.78 is 26.1. The number of hydrogen-bond acceptors (Lipinski definition) is 4. The fourth-order valence-corrected chi connectivity index (χ4v) is 2.26. The van der Waals surface area contributed by atoms with Crippen LogP contribution in [0, 0.1) is 5.82 Å². The van der Waals surface area contributed by atoms with Gasteiger partial charge < -0.3 is 20.4 Å². The van der Waals surface area contributed by atoms with Gasteiger partial charge in [-0.3, -0.25) is 0 Å². The largest absolute Gasteiger partial charge is 0.491 e. The van der Waals surface area contributed by atoms with Gasteiger partial charge in [-0.1, -0.05) is 12.1 Å². The van der Waals surface area contributed by atoms with E-state index in [-0.39, 0.29) is 5.82 Å². The second kappa shape index (κ2) is 6.03. The Morgan fingerprint density at radius 1 is 1.27 bits per heavy atom. The Morgan fingerprint density at radius 2 is 1.86 bits per heavy atom. The van der Waals surface area contributed by atoms with Gasteiger partial charge >= 0.3 is 7.12 Å². The number of rotatable bonds is 4. The average molecular weight is 306 g/mol. The molecule has 6 heteroatoms. The molecule has 4 nitrogen and oxygen atoms in total. The fraction of sp³-hybridized carbons (Fsp3) is 0.500. The third kappa shape index (κ3) is 3.34. The molecule has 0 spiro atoms. The third-order valence-electron chi connectivity index (χ3n) is 4.30. The van der Waals surface area contributed by atoms with Gasteiger partial charge in [-0.05, 0) is 52.3 Å². The lowest BCUT2D eigenvalue weighted by Crippen LogP contribution is -2.41. The summed E-state index contributed by atoms with van der Waals surface area (Å²) in [5.41, 5.74) is 6.44. The van der Waals surface area contributed by atoms with Gasteiger partial charge in [0, 0.05) is 17.8 Å². The molecule has 1 saturated heterocycles.